The van der Waals surface area contributed by atoms with Gasteiger partial charge in [-0.2, -0.15) is 4.98 Å². The van der Waals surface area contributed by atoms with E-state index in [2.05, 4.69) is 48.4 Å². The number of unbranched alkanes of at least 4 members (excludes halogenated alkanes) is 1. The molecule has 1 aromatic heterocycles. The molecule has 2 heterocycles. The van der Waals surface area contributed by atoms with Gasteiger partial charge in [-0.15, -0.1) is 0 Å². The number of aromatic nitrogens is 2. The maximum absolute atomic E-state index is 5.93. The van der Waals surface area contributed by atoms with Crippen molar-refractivity contribution in [2.75, 3.05) is 19.7 Å². The quantitative estimate of drug-likeness (QED) is 0.812. The van der Waals surface area contributed by atoms with E-state index in [4.69, 9.17) is 9.26 Å². The standard InChI is InChI=1S/C19H27N3O2/c1-4-5-9-23-17-13(2)10-16(11-14(17)3)18-21-19(24-22-18)15-7-6-8-20-12-15/h10-11,15,20H,4-9,12H2,1-3H3. The molecule has 0 spiro atoms. The van der Waals surface area contributed by atoms with E-state index in [0.717, 1.165) is 73.7 Å². The molecule has 3 rings (SSSR count). The van der Waals surface area contributed by atoms with Gasteiger partial charge in [0, 0.05) is 12.1 Å². The van der Waals surface area contributed by atoms with Gasteiger partial charge in [0.2, 0.25) is 11.7 Å². The third-order valence-corrected chi connectivity index (χ3v) is 4.55. The van der Waals surface area contributed by atoms with Crippen LogP contribution in [0.3, 0.4) is 0 Å². The molecule has 0 amide bonds. The molecule has 24 heavy (non-hydrogen) atoms. The van der Waals surface area contributed by atoms with Crippen molar-refractivity contribution in [3.63, 3.8) is 0 Å². The summed E-state index contributed by atoms with van der Waals surface area (Å²) in [7, 11) is 0. The summed E-state index contributed by atoms with van der Waals surface area (Å²) in [5, 5.41) is 7.58. The van der Waals surface area contributed by atoms with Crippen molar-refractivity contribution in [1.82, 2.24) is 15.5 Å². The highest BCUT2D eigenvalue weighted by molar-refractivity contribution is 5.61. The molecule has 1 aliphatic heterocycles. The van der Waals surface area contributed by atoms with Crippen molar-refractivity contribution in [3.05, 3.63) is 29.2 Å². The van der Waals surface area contributed by atoms with Gasteiger partial charge >= 0.3 is 0 Å². The summed E-state index contributed by atoms with van der Waals surface area (Å²) in [5.41, 5.74) is 3.23. The van der Waals surface area contributed by atoms with Crippen molar-refractivity contribution in [3.8, 4) is 17.1 Å². The highest BCUT2D eigenvalue weighted by Crippen LogP contribution is 2.30. The van der Waals surface area contributed by atoms with Crippen LogP contribution < -0.4 is 10.1 Å². The molecule has 0 radical (unpaired) electrons. The molecule has 1 aliphatic rings. The van der Waals surface area contributed by atoms with E-state index in [0.29, 0.717) is 11.7 Å². The maximum atomic E-state index is 5.93. The molecule has 1 unspecified atom stereocenters. The molecule has 1 N–H and O–H groups in total. The summed E-state index contributed by atoms with van der Waals surface area (Å²) in [6, 6.07) is 4.17. The molecule has 2 aromatic rings. The maximum Gasteiger partial charge on any atom is 0.231 e. The van der Waals surface area contributed by atoms with E-state index in [1.807, 2.05) is 0 Å². The Bertz CT molecular complexity index is 652. The monoisotopic (exact) mass is 329 g/mol. The number of piperidine rings is 1. The first-order chi connectivity index (χ1) is 11.7. The van der Waals surface area contributed by atoms with Crippen LogP contribution in [0.25, 0.3) is 11.4 Å². The van der Waals surface area contributed by atoms with Gasteiger partial charge in [-0.25, -0.2) is 0 Å². The van der Waals surface area contributed by atoms with Crippen LogP contribution in [0.5, 0.6) is 5.75 Å². The zero-order chi connectivity index (χ0) is 16.9. The number of hydrogen-bond donors (Lipinski definition) is 1. The van der Waals surface area contributed by atoms with Gasteiger partial charge in [0.15, 0.2) is 0 Å². The molecule has 0 saturated carbocycles. The van der Waals surface area contributed by atoms with E-state index in [1.165, 1.54) is 0 Å². The lowest BCUT2D eigenvalue weighted by atomic mass is 10.00. The fourth-order valence-electron chi connectivity index (χ4n) is 3.21. The third-order valence-electron chi connectivity index (χ3n) is 4.55. The summed E-state index contributed by atoms with van der Waals surface area (Å²) in [4.78, 5) is 4.63. The van der Waals surface area contributed by atoms with Crippen LogP contribution in [-0.2, 0) is 0 Å². The number of rotatable bonds is 6. The lowest BCUT2D eigenvalue weighted by Gasteiger charge is -2.18. The molecule has 130 valence electrons. The van der Waals surface area contributed by atoms with Gasteiger partial charge in [-0.3, -0.25) is 0 Å². The number of nitrogens with one attached hydrogen (secondary N) is 1. The topological polar surface area (TPSA) is 60.2 Å². The van der Waals surface area contributed by atoms with Crippen LogP contribution in [0.1, 0.15) is 55.5 Å². The van der Waals surface area contributed by atoms with Crippen LogP contribution in [0.15, 0.2) is 16.7 Å². The van der Waals surface area contributed by atoms with Crippen LogP contribution in [0.2, 0.25) is 0 Å². The summed E-state index contributed by atoms with van der Waals surface area (Å²) in [5.74, 6) is 2.73. The third kappa shape index (κ3) is 3.78. The number of hydrogen-bond acceptors (Lipinski definition) is 5. The molecular formula is C19H27N3O2. The number of benzene rings is 1. The minimum Gasteiger partial charge on any atom is -0.493 e. The second-order valence-electron chi connectivity index (χ2n) is 6.64. The van der Waals surface area contributed by atoms with Crippen LogP contribution in [-0.4, -0.2) is 29.8 Å². The molecule has 0 aliphatic carbocycles. The Morgan fingerprint density at radius 1 is 1.29 bits per heavy atom. The number of aryl methyl sites for hydroxylation is 2. The van der Waals surface area contributed by atoms with Crippen LogP contribution in [0.4, 0.5) is 0 Å². The Morgan fingerprint density at radius 3 is 2.75 bits per heavy atom. The largest absolute Gasteiger partial charge is 0.493 e. The second kappa shape index (κ2) is 7.79. The molecular weight excluding hydrogens is 302 g/mol. The average Bonchev–Trinajstić information content (AvgIpc) is 3.08. The van der Waals surface area contributed by atoms with Crippen molar-refractivity contribution < 1.29 is 9.26 Å². The van der Waals surface area contributed by atoms with Gasteiger partial charge in [0.1, 0.15) is 5.75 Å². The van der Waals surface area contributed by atoms with E-state index >= 15 is 0 Å². The lowest BCUT2D eigenvalue weighted by Crippen LogP contribution is -2.28. The van der Waals surface area contributed by atoms with Crippen LogP contribution >= 0.6 is 0 Å². The second-order valence-corrected chi connectivity index (χ2v) is 6.64. The van der Waals surface area contributed by atoms with E-state index in [9.17, 15) is 0 Å². The summed E-state index contributed by atoms with van der Waals surface area (Å²) in [6.07, 6.45) is 4.48. The molecule has 1 fully saturated rings. The van der Waals surface area contributed by atoms with E-state index < -0.39 is 0 Å². The lowest BCUT2D eigenvalue weighted by molar-refractivity contribution is 0.305. The zero-order valence-corrected chi connectivity index (χ0v) is 14.9. The van der Waals surface area contributed by atoms with Gasteiger partial charge < -0.3 is 14.6 Å². The summed E-state index contributed by atoms with van der Waals surface area (Å²) in [6.45, 7) is 9.08. The fourth-order valence-corrected chi connectivity index (χ4v) is 3.21. The Balaban J connectivity index is 1.78. The minimum atomic E-state index is 0.332. The Morgan fingerprint density at radius 2 is 2.08 bits per heavy atom. The Kier molecular flexibility index (Phi) is 5.51. The van der Waals surface area contributed by atoms with Crippen molar-refractivity contribution in [2.24, 2.45) is 0 Å². The summed E-state index contributed by atoms with van der Waals surface area (Å²) < 4.78 is 11.4. The number of ether oxygens (including phenoxy) is 1. The van der Waals surface area contributed by atoms with Gasteiger partial charge in [-0.05, 0) is 62.9 Å². The first kappa shape index (κ1) is 17.0. The zero-order valence-electron chi connectivity index (χ0n) is 14.9. The summed E-state index contributed by atoms with van der Waals surface area (Å²) >= 11 is 0. The van der Waals surface area contributed by atoms with E-state index in [1.54, 1.807) is 0 Å². The van der Waals surface area contributed by atoms with Gasteiger partial charge in [-0.1, -0.05) is 18.5 Å². The number of nitrogens with zero attached hydrogens (tertiary/aromatic N) is 2. The highest BCUT2D eigenvalue weighted by Gasteiger charge is 2.22. The smallest absolute Gasteiger partial charge is 0.231 e. The predicted octanol–water partition coefficient (Wildman–Crippen LogP) is 4.00. The Labute approximate surface area is 143 Å². The molecule has 5 heteroatoms. The SMILES string of the molecule is CCCCOc1c(C)cc(-c2noc(C3CCCNC3)n2)cc1C. The van der Waals surface area contributed by atoms with E-state index in [-0.39, 0.29) is 0 Å². The predicted molar refractivity (Wildman–Crippen MR) is 94.5 cm³/mol. The highest BCUT2D eigenvalue weighted by atomic mass is 16.5. The van der Waals surface area contributed by atoms with Gasteiger partial charge in [0.05, 0.1) is 12.5 Å². The normalized spacial score (nSPS) is 17.9. The molecule has 1 saturated heterocycles. The molecule has 5 nitrogen and oxygen atoms in total. The first-order valence-corrected chi connectivity index (χ1v) is 8.97. The first-order valence-electron chi connectivity index (χ1n) is 8.97. The Hall–Kier alpha value is -1.88. The van der Waals surface area contributed by atoms with Crippen molar-refractivity contribution in [1.29, 1.82) is 0 Å². The molecule has 0 bridgehead atoms. The molecule has 1 atom stereocenters. The van der Waals surface area contributed by atoms with Crippen LogP contribution in [0, 0.1) is 13.8 Å². The molecule has 1 aromatic carbocycles. The average molecular weight is 329 g/mol. The minimum absolute atomic E-state index is 0.332. The fraction of sp³-hybridized carbons (Fsp3) is 0.579. The van der Waals surface area contributed by atoms with Crippen molar-refractivity contribution in [2.45, 2.75) is 52.4 Å². The van der Waals surface area contributed by atoms with Gasteiger partial charge in [0.25, 0.3) is 0 Å². The van der Waals surface area contributed by atoms with Crippen molar-refractivity contribution >= 4 is 0 Å².